The summed E-state index contributed by atoms with van der Waals surface area (Å²) in [4.78, 5) is 23.2. The van der Waals surface area contributed by atoms with Crippen molar-refractivity contribution in [3.63, 3.8) is 0 Å². The van der Waals surface area contributed by atoms with E-state index in [4.69, 9.17) is 10.8 Å². The van der Waals surface area contributed by atoms with Gasteiger partial charge < -0.3 is 10.8 Å². The van der Waals surface area contributed by atoms with Crippen LogP contribution in [0.15, 0.2) is 42.5 Å². The van der Waals surface area contributed by atoms with E-state index >= 15 is 0 Å². The van der Waals surface area contributed by atoms with Crippen LogP contribution in [0.25, 0.3) is 0 Å². The molecule has 0 atom stereocenters. The maximum atomic E-state index is 12.7. The number of rotatable bonds is 4. The first-order valence-electron chi connectivity index (χ1n) is 6.51. The van der Waals surface area contributed by atoms with Crippen LogP contribution in [0.3, 0.4) is 0 Å². The number of para-hydroxylation sites is 1. The summed E-state index contributed by atoms with van der Waals surface area (Å²) in [6.07, 6.45) is -4.94. The van der Waals surface area contributed by atoms with Crippen LogP contribution in [0.1, 0.15) is 27.0 Å². The van der Waals surface area contributed by atoms with Gasteiger partial charge in [0.1, 0.15) is 0 Å². The number of alkyl halides is 3. The highest BCUT2D eigenvalue weighted by molar-refractivity contribution is 6.12. The second-order valence-electron chi connectivity index (χ2n) is 4.86. The van der Waals surface area contributed by atoms with Gasteiger partial charge in [-0.1, -0.05) is 24.3 Å². The highest BCUT2D eigenvalue weighted by Crippen LogP contribution is 2.30. The van der Waals surface area contributed by atoms with E-state index in [0.29, 0.717) is 0 Å². The molecule has 0 aliphatic carbocycles. The average molecular weight is 323 g/mol. The van der Waals surface area contributed by atoms with Crippen LogP contribution in [0.5, 0.6) is 0 Å². The number of halogens is 3. The average Bonchev–Trinajstić information content (AvgIpc) is 2.47. The molecule has 0 fully saturated rings. The van der Waals surface area contributed by atoms with E-state index < -0.39 is 23.5 Å². The summed E-state index contributed by atoms with van der Waals surface area (Å²) < 4.78 is 38.2. The van der Waals surface area contributed by atoms with Gasteiger partial charge >= 0.3 is 12.1 Å². The standard InChI is InChI=1S/C16H12F3NO3/c17-16(18,19)11-5-1-4-10(7-11)15(23)12-6-2-3-9(14(12)20)8-13(21)22/h1-7H,8,20H2,(H,21,22). The molecule has 0 radical (unpaired) electrons. The lowest BCUT2D eigenvalue weighted by Crippen LogP contribution is -2.11. The lowest BCUT2D eigenvalue weighted by atomic mass is 9.96. The zero-order valence-electron chi connectivity index (χ0n) is 11.7. The highest BCUT2D eigenvalue weighted by Gasteiger charge is 2.31. The third-order valence-electron chi connectivity index (χ3n) is 3.23. The summed E-state index contributed by atoms with van der Waals surface area (Å²) in [7, 11) is 0. The number of nitrogen functional groups attached to an aromatic ring is 1. The van der Waals surface area contributed by atoms with Crippen molar-refractivity contribution < 1.29 is 27.9 Å². The SMILES string of the molecule is Nc1c(CC(=O)O)cccc1C(=O)c1cccc(C(F)(F)F)c1. The predicted molar refractivity (Wildman–Crippen MR) is 77.1 cm³/mol. The van der Waals surface area contributed by atoms with Gasteiger partial charge in [0.05, 0.1) is 12.0 Å². The van der Waals surface area contributed by atoms with Crippen molar-refractivity contribution in [3.8, 4) is 0 Å². The predicted octanol–water partition coefficient (Wildman–Crippen LogP) is 3.15. The number of benzene rings is 2. The number of carboxylic acids is 1. The second-order valence-corrected chi connectivity index (χ2v) is 4.86. The van der Waals surface area contributed by atoms with Gasteiger partial charge in [-0.15, -0.1) is 0 Å². The normalized spacial score (nSPS) is 11.3. The van der Waals surface area contributed by atoms with E-state index in [9.17, 15) is 22.8 Å². The quantitative estimate of drug-likeness (QED) is 0.669. The molecule has 0 aliphatic heterocycles. The summed E-state index contributed by atoms with van der Waals surface area (Å²) in [6.45, 7) is 0. The Bertz CT molecular complexity index is 769. The molecule has 0 unspecified atom stereocenters. The fourth-order valence-corrected chi connectivity index (χ4v) is 2.12. The molecule has 0 spiro atoms. The molecule has 4 nitrogen and oxygen atoms in total. The monoisotopic (exact) mass is 323 g/mol. The number of aliphatic carboxylic acids is 1. The minimum absolute atomic E-state index is 0.0249. The van der Waals surface area contributed by atoms with Crippen molar-refractivity contribution in [3.05, 3.63) is 64.7 Å². The molecule has 0 saturated carbocycles. The van der Waals surface area contributed by atoms with Crippen molar-refractivity contribution >= 4 is 17.4 Å². The molecule has 0 amide bonds. The molecular weight excluding hydrogens is 311 g/mol. The van der Waals surface area contributed by atoms with Crippen LogP contribution in [-0.2, 0) is 17.4 Å². The van der Waals surface area contributed by atoms with Gasteiger partial charge in [0, 0.05) is 16.8 Å². The minimum atomic E-state index is -4.56. The van der Waals surface area contributed by atoms with E-state index in [1.54, 1.807) is 0 Å². The summed E-state index contributed by atoms with van der Waals surface area (Å²) in [5, 5.41) is 8.80. The van der Waals surface area contributed by atoms with Gasteiger partial charge in [0.2, 0.25) is 0 Å². The Balaban J connectivity index is 2.44. The van der Waals surface area contributed by atoms with Crippen LogP contribution >= 0.6 is 0 Å². The number of anilines is 1. The maximum Gasteiger partial charge on any atom is 0.416 e. The van der Waals surface area contributed by atoms with Crippen molar-refractivity contribution in [2.24, 2.45) is 0 Å². The van der Waals surface area contributed by atoms with E-state index in [1.165, 1.54) is 24.3 Å². The van der Waals surface area contributed by atoms with E-state index in [0.717, 1.165) is 18.2 Å². The van der Waals surface area contributed by atoms with Gasteiger partial charge in [0.15, 0.2) is 5.78 Å². The number of hydrogen-bond donors (Lipinski definition) is 2. The Morgan fingerprint density at radius 1 is 1.09 bits per heavy atom. The van der Waals surface area contributed by atoms with Crippen molar-refractivity contribution in [1.82, 2.24) is 0 Å². The van der Waals surface area contributed by atoms with E-state index in [2.05, 4.69) is 0 Å². The van der Waals surface area contributed by atoms with Gasteiger partial charge in [-0.05, 0) is 23.8 Å². The first-order chi connectivity index (χ1) is 10.7. The number of carbonyl (C=O) groups excluding carboxylic acids is 1. The van der Waals surface area contributed by atoms with Crippen LogP contribution in [0.2, 0.25) is 0 Å². The van der Waals surface area contributed by atoms with Gasteiger partial charge in [-0.3, -0.25) is 9.59 Å². The topological polar surface area (TPSA) is 80.4 Å². The molecule has 0 heterocycles. The van der Waals surface area contributed by atoms with E-state index in [-0.39, 0.29) is 28.8 Å². The Kier molecular flexibility index (Phi) is 4.40. The minimum Gasteiger partial charge on any atom is -0.481 e. The molecule has 2 rings (SSSR count). The van der Waals surface area contributed by atoms with Crippen molar-refractivity contribution in [2.45, 2.75) is 12.6 Å². The second kappa shape index (κ2) is 6.12. The maximum absolute atomic E-state index is 12.7. The van der Waals surface area contributed by atoms with Crippen molar-refractivity contribution in [1.29, 1.82) is 0 Å². The summed E-state index contributed by atoms with van der Waals surface area (Å²) in [6, 6.07) is 8.23. The zero-order valence-corrected chi connectivity index (χ0v) is 11.7. The number of hydrogen-bond acceptors (Lipinski definition) is 3. The molecule has 0 saturated heterocycles. The molecule has 0 aromatic heterocycles. The Hall–Kier alpha value is -2.83. The first-order valence-corrected chi connectivity index (χ1v) is 6.51. The van der Waals surface area contributed by atoms with Gasteiger partial charge in [-0.2, -0.15) is 13.2 Å². The number of ketones is 1. The highest BCUT2D eigenvalue weighted by atomic mass is 19.4. The third-order valence-corrected chi connectivity index (χ3v) is 3.23. The Morgan fingerprint density at radius 3 is 2.35 bits per heavy atom. The lowest BCUT2D eigenvalue weighted by Gasteiger charge is -2.11. The number of carboxylic acid groups (broad SMARTS) is 1. The fraction of sp³-hybridized carbons (Fsp3) is 0.125. The smallest absolute Gasteiger partial charge is 0.416 e. The molecule has 3 N–H and O–H groups in total. The van der Waals surface area contributed by atoms with Crippen molar-refractivity contribution in [2.75, 3.05) is 5.73 Å². The van der Waals surface area contributed by atoms with Gasteiger partial charge in [0.25, 0.3) is 0 Å². The summed E-state index contributed by atoms with van der Waals surface area (Å²) >= 11 is 0. The fourth-order valence-electron chi connectivity index (χ4n) is 2.12. The number of nitrogens with two attached hydrogens (primary N) is 1. The molecule has 120 valence electrons. The molecule has 23 heavy (non-hydrogen) atoms. The van der Waals surface area contributed by atoms with Crippen LogP contribution in [-0.4, -0.2) is 16.9 Å². The molecule has 2 aromatic carbocycles. The molecular formula is C16H12F3NO3. The zero-order chi connectivity index (χ0) is 17.2. The molecule has 2 aromatic rings. The molecule has 7 heteroatoms. The molecule has 0 aliphatic rings. The third kappa shape index (κ3) is 3.68. The first kappa shape index (κ1) is 16.5. The molecule has 0 bridgehead atoms. The lowest BCUT2D eigenvalue weighted by molar-refractivity contribution is -0.138. The Morgan fingerprint density at radius 2 is 1.74 bits per heavy atom. The van der Waals surface area contributed by atoms with Crippen LogP contribution < -0.4 is 5.73 Å². The summed E-state index contributed by atoms with van der Waals surface area (Å²) in [5.41, 5.74) is 4.84. The van der Waals surface area contributed by atoms with Crippen LogP contribution in [0, 0.1) is 0 Å². The largest absolute Gasteiger partial charge is 0.481 e. The Labute approximate surface area is 129 Å². The van der Waals surface area contributed by atoms with Crippen LogP contribution in [0.4, 0.5) is 18.9 Å². The summed E-state index contributed by atoms with van der Waals surface area (Å²) in [5.74, 6) is -1.82. The number of carbonyl (C=O) groups is 2. The van der Waals surface area contributed by atoms with Gasteiger partial charge in [-0.25, -0.2) is 0 Å². The van der Waals surface area contributed by atoms with E-state index in [1.807, 2.05) is 0 Å².